The van der Waals surface area contributed by atoms with Crippen LogP contribution in [-0.4, -0.2) is 21.0 Å². The van der Waals surface area contributed by atoms with Crippen LogP contribution in [0.4, 0.5) is 0 Å². The summed E-state index contributed by atoms with van der Waals surface area (Å²) in [5.41, 5.74) is 3.89. The molecule has 4 nitrogen and oxygen atoms in total. The third kappa shape index (κ3) is 2.71. The fourth-order valence-electron chi connectivity index (χ4n) is 2.04. The lowest BCUT2D eigenvalue weighted by Gasteiger charge is -2.06. The van der Waals surface area contributed by atoms with Crippen LogP contribution in [0.1, 0.15) is 32.9 Å². The smallest absolute Gasteiger partial charge is 0.356 e. The molecule has 0 bridgehead atoms. The average Bonchev–Trinajstić information content (AvgIpc) is 2.27. The summed E-state index contributed by atoms with van der Waals surface area (Å²) >= 11 is 0. The van der Waals surface area contributed by atoms with E-state index in [-0.39, 0.29) is 5.69 Å². The quantitative estimate of drug-likeness (QED) is 0.897. The predicted octanol–water partition coefficient (Wildman–Crippen LogP) is 2.38. The van der Waals surface area contributed by atoms with Gasteiger partial charge in [0.1, 0.15) is 0 Å². The molecule has 92 valence electrons. The molecule has 18 heavy (non-hydrogen) atoms. The van der Waals surface area contributed by atoms with Crippen LogP contribution in [0.3, 0.4) is 0 Å². The number of carbonyl (C=O) groups is 1. The highest BCUT2D eigenvalue weighted by atomic mass is 16.4. The van der Waals surface area contributed by atoms with Gasteiger partial charge in [0.15, 0.2) is 5.69 Å². The first-order valence-corrected chi connectivity index (χ1v) is 5.66. The van der Waals surface area contributed by atoms with Crippen LogP contribution in [0.25, 0.3) is 0 Å². The molecule has 2 aromatic rings. The number of carboxylic acids is 1. The summed E-state index contributed by atoms with van der Waals surface area (Å²) in [6.45, 7) is 4.04. The van der Waals surface area contributed by atoms with Gasteiger partial charge in [-0.3, -0.25) is 4.98 Å². The Bertz CT molecular complexity index is 574. The summed E-state index contributed by atoms with van der Waals surface area (Å²) in [4.78, 5) is 19.0. The lowest BCUT2D eigenvalue weighted by atomic mass is 10.0. The van der Waals surface area contributed by atoms with E-state index in [1.54, 1.807) is 0 Å². The van der Waals surface area contributed by atoms with Crippen molar-refractivity contribution in [1.29, 1.82) is 0 Å². The third-order valence-electron chi connectivity index (χ3n) is 2.63. The van der Waals surface area contributed by atoms with Gasteiger partial charge in [-0.15, -0.1) is 0 Å². The van der Waals surface area contributed by atoms with Gasteiger partial charge in [-0.1, -0.05) is 29.3 Å². The molecule has 0 aliphatic rings. The maximum atomic E-state index is 11.0. The van der Waals surface area contributed by atoms with E-state index in [0.717, 1.165) is 16.7 Å². The van der Waals surface area contributed by atoms with Crippen molar-refractivity contribution in [2.75, 3.05) is 0 Å². The molecular formula is C14H14N2O2. The zero-order valence-electron chi connectivity index (χ0n) is 10.3. The molecule has 0 spiro atoms. The minimum atomic E-state index is -1.04. The zero-order valence-corrected chi connectivity index (χ0v) is 10.3. The second-order valence-electron chi connectivity index (χ2n) is 4.33. The average molecular weight is 242 g/mol. The molecule has 0 unspecified atom stereocenters. The molecule has 1 heterocycles. The van der Waals surface area contributed by atoms with Crippen molar-refractivity contribution in [3.05, 3.63) is 58.7 Å². The van der Waals surface area contributed by atoms with Crippen molar-refractivity contribution in [2.24, 2.45) is 0 Å². The van der Waals surface area contributed by atoms with Gasteiger partial charge in [0.05, 0.1) is 5.69 Å². The van der Waals surface area contributed by atoms with Crippen LogP contribution >= 0.6 is 0 Å². The third-order valence-corrected chi connectivity index (χ3v) is 2.63. The largest absolute Gasteiger partial charge is 0.476 e. The van der Waals surface area contributed by atoms with E-state index in [1.165, 1.54) is 12.4 Å². The minimum absolute atomic E-state index is 0.0247. The second-order valence-corrected chi connectivity index (χ2v) is 4.33. The zero-order chi connectivity index (χ0) is 13.1. The SMILES string of the molecule is Cc1cc(C)cc(Cc2nccnc2C(=O)O)c1. The Morgan fingerprint density at radius 1 is 1.11 bits per heavy atom. The lowest BCUT2D eigenvalue weighted by Crippen LogP contribution is -2.08. The van der Waals surface area contributed by atoms with Gasteiger partial charge >= 0.3 is 5.97 Å². The van der Waals surface area contributed by atoms with E-state index < -0.39 is 5.97 Å². The van der Waals surface area contributed by atoms with E-state index in [0.29, 0.717) is 12.1 Å². The number of nitrogens with zero attached hydrogens (tertiary/aromatic N) is 2. The number of aromatic nitrogens is 2. The Kier molecular flexibility index (Phi) is 3.37. The number of benzene rings is 1. The monoisotopic (exact) mass is 242 g/mol. The Balaban J connectivity index is 2.37. The van der Waals surface area contributed by atoms with Crippen molar-refractivity contribution < 1.29 is 9.90 Å². The molecule has 0 aliphatic carbocycles. The molecule has 0 radical (unpaired) electrons. The molecular weight excluding hydrogens is 228 g/mol. The van der Waals surface area contributed by atoms with Crippen LogP contribution in [0.2, 0.25) is 0 Å². The molecule has 0 saturated carbocycles. The maximum absolute atomic E-state index is 11.0. The van der Waals surface area contributed by atoms with E-state index in [4.69, 9.17) is 5.11 Å². The number of carboxylic acid groups (broad SMARTS) is 1. The normalized spacial score (nSPS) is 10.3. The van der Waals surface area contributed by atoms with Gasteiger partial charge in [-0.05, 0) is 19.4 Å². The summed E-state index contributed by atoms with van der Waals surface area (Å²) in [6, 6.07) is 6.15. The Hall–Kier alpha value is -2.23. The van der Waals surface area contributed by atoms with Crippen LogP contribution in [0, 0.1) is 13.8 Å². The highest BCUT2D eigenvalue weighted by Gasteiger charge is 2.12. The maximum Gasteiger partial charge on any atom is 0.356 e. The fraction of sp³-hybridized carbons (Fsp3) is 0.214. The lowest BCUT2D eigenvalue weighted by molar-refractivity contribution is 0.0688. The molecule has 0 aliphatic heterocycles. The van der Waals surface area contributed by atoms with Crippen molar-refractivity contribution >= 4 is 5.97 Å². The molecule has 1 aromatic carbocycles. The van der Waals surface area contributed by atoms with E-state index in [9.17, 15) is 4.79 Å². The van der Waals surface area contributed by atoms with E-state index in [2.05, 4.69) is 16.0 Å². The predicted molar refractivity (Wildman–Crippen MR) is 67.7 cm³/mol. The highest BCUT2D eigenvalue weighted by molar-refractivity contribution is 5.86. The van der Waals surface area contributed by atoms with E-state index in [1.807, 2.05) is 26.0 Å². The standard InChI is InChI=1S/C14H14N2O2/c1-9-5-10(2)7-11(6-9)8-12-13(14(17)18)16-4-3-15-12/h3-7H,8H2,1-2H3,(H,17,18). The van der Waals surface area contributed by atoms with Crippen molar-refractivity contribution in [3.8, 4) is 0 Å². The van der Waals surface area contributed by atoms with Crippen molar-refractivity contribution in [1.82, 2.24) is 9.97 Å². The van der Waals surface area contributed by atoms with Gasteiger partial charge in [0.25, 0.3) is 0 Å². The number of aryl methyl sites for hydroxylation is 2. The van der Waals surface area contributed by atoms with Crippen LogP contribution in [0.15, 0.2) is 30.6 Å². The van der Waals surface area contributed by atoms with Crippen molar-refractivity contribution in [3.63, 3.8) is 0 Å². The molecule has 1 aromatic heterocycles. The summed E-state index contributed by atoms with van der Waals surface area (Å²) in [6.07, 6.45) is 3.40. The Morgan fingerprint density at radius 3 is 2.33 bits per heavy atom. The summed E-state index contributed by atoms with van der Waals surface area (Å²) in [7, 11) is 0. The van der Waals surface area contributed by atoms with Gasteiger partial charge in [-0.2, -0.15) is 0 Å². The number of hydrogen-bond acceptors (Lipinski definition) is 3. The highest BCUT2D eigenvalue weighted by Crippen LogP contribution is 2.14. The molecule has 2 rings (SSSR count). The van der Waals surface area contributed by atoms with Gasteiger partial charge in [0, 0.05) is 18.8 Å². The number of aromatic carboxylic acids is 1. The minimum Gasteiger partial charge on any atom is -0.476 e. The molecule has 1 N–H and O–H groups in total. The summed E-state index contributed by atoms with van der Waals surface area (Å²) in [5.74, 6) is -1.04. The van der Waals surface area contributed by atoms with Gasteiger partial charge in [0.2, 0.25) is 0 Å². The van der Waals surface area contributed by atoms with Gasteiger partial charge < -0.3 is 5.11 Å². The van der Waals surface area contributed by atoms with Crippen LogP contribution in [-0.2, 0) is 6.42 Å². The van der Waals surface area contributed by atoms with Gasteiger partial charge in [-0.25, -0.2) is 9.78 Å². The molecule has 0 amide bonds. The first kappa shape index (κ1) is 12.2. The second kappa shape index (κ2) is 4.96. The van der Waals surface area contributed by atoms with Crippen molar-refractivity contribution in [2.45, 2.75) is 20.3 Å². The molecule has 0 fully saturated rings. The summed E-state index contributed by atoms with van der Waals surface area (Å²) in [5, 5.41) is 9.05. The topological polar surface area (TPSA) is 63.1 Å². The van der Waals surface area contributed by atoms with Crippen LogP contribution in [0.5, 0.6) is 0 Å². The van der Waals surface area contributed by atoms with E-state index >= 15 is 0 Å². The number of rotatable bonds is 3. The first-order chi connectivity index (χ1) is 8.56. The fourth-order valence-corrected chi connectivity index (χ4v) is 2.04. The van der Waals surface area contributed by atoms with Crippen LogP contribution < -0.4 is 0 Å². The molecule has 0 saturated heterocycles. The first-order valence-electron chi connectivity index (χ1n) is 5.66. The summed E-state index contributed by atoms with van der Waals surface area (Å²) < 4.78 is 0. The Labute approximate surface area is 105 Å². The number of hydrogen-bond donors (Lipinski definition) is 1. The molecule has 0 atom stereocenters. The Morgan fingerprint density at radius 2 is 1.72 bits per heavy atom. The molecule has 4 heteroatoms.